The summed E-state index contributed by atoms with van der Waals surface area (Å²) in [4.78, 5) is 51.5. The first kappa shape index (κ1) is 53.6. The Bertz CT molecular complexity index is 3120. The summed E-state index contributed by atoms with van der Waals surface area (Å²) < 4.78 is 27.8. The quantitative estimate of drug-likeness (QED) is 0.0493. The molecule has 4 unspecified atom stereocenters. The number of hydrogen-bond acceptors (Lipinski definition) is 14. The second kappa shape index (κ2) is 24.5. The fourth-order valence-corrected chi connectivity index (χ4v) is 10.5. The van der Waals surface area contributed by atoms with Gasteiger partial charge < -0.3 is 28.4 Å². The number of amides is 4. The summed E-state index contributed by atoms with van der Waals surface area (Å²) >= 11 is 16.5. The first-order chi connectivity index (χ1) is 35.6. The maximum absolute atomic E-state index is 13.3. The number of aromatic nitrogens is 3. The molecule has 0 bridgehead atoms. The third-order valence-electron chi connectivity index (χ3n) is 12.4. The van der Waals surface area contributed by atoms with Crippen LogP contribution in [-0.4, -0.2) is 57.0 Å². The molecule has 0 spiro atoms. The van der Waals surface area contributed by atoms with Gasteiger partial charge in [-0.1, -0.05) is 124 Å². The van der Waals surface area contributed by atoms with E-state index < -0.39 is 24.4 Å². The van der Waals surface area contributed by atoms with E-state index in [2.05, 4.69) is 36.7 Å². The topological polar surface area (TPSA) is 213 Å². The molecule has 3 aromatic heterocycles. The first-order valence-corrected chi connectivity index (χ1v) is 27.0. The molecule has 16 nitrogen and oxygen atoms in total. The van der Waals surface area contributed by atoms with Crippen molar-refractivity contribution >= 4 is 88.0 Å². The summed E-state index contributed by atoms with van der Waals surface area (Å²) in [6.07, 6.45) is -1.21. The van der Waals surface area contributed by atoms with Crippen LogP contribution < -0.4 is 21.3 Å². The van der Waals surface area contributed by atoms with Gasteiger partial charge in [0.25, 0.3) is 0 Å². The zero-order valence-corrected chi connectivity index (χ0v) is 44.7. The number of carbonyl (C=O) groups excluding carboxylic acids is 4. The Morgan fingerprint density at radius 1 is 0.635 bits per heavy atom. The van der Waals surface area contributed by atoms with Crippen LogP contribution in [0.1, 0.15) is 102 Å². The van der Waals surface area contributed by atoms with Crippen molar-refractivity contribution in [3.8, 4) is 22.6 Å². The van der Waals surface area contributed by atoms with Crippen molar-refractivity contribution in [3.63, 3.8) is 0 Å². The van der Waals surface area contributed by atoms with Crippen LogP contribution in [0, 0.1) is 27.7 Å². The Morgan fingerprint density at radius 2 is 1.15 bits per heavy atom. The van der Waals surface area contributed by atoms with Gasteiger partial charge in [0.15, 0.2) is 11.5 Å². The predicted molar refractivity (Wildman–Crippen MR) is 289 cm³/mol. The average molecular weight is 1080 g/mol. The molecule has 1 saturated carbocycles. The van der Waals surface area contributed by atoms with Gasteiger partial charge in [0.05, 0.1) is 10.7 Å². The van der Waals surface area contributed by atoms with Gasteiger partial charge >= 0.3 is 12.2 Å². The molecule has 20 heteroatoms. The van der Waals surface area contributed by atoms with Gasteiger partial charge in [0.1, 0.15) is 35.0 Å². The van der Waals surface area contributed by atoms with E-state index in [0.29, 0.717) is 97.2 Å². The van der Waals surface area contributed by atoms with Crippen LogP contribution in [0.15, 0.2) is 105 Å². The van der Waals surface area contributed by atoms with E-state index >= 15 is 0 Å². The van der Waals surface area contributed by atoms with E-state index in [-0.39, 0.29) is 23.8 Å². The van der Waals surface area contributed by atoms with Crippen molar-refractivity contribution in [2.24, 2.45) is 0 Å². The van der Waals surface area contributed by atoms with E-state index in [4.69, 9.17) is 46.2 Å². The monoisotopic (exact) mass is 1080 g/mol. The minimum absolute atomic E-state index is 0.0309. The number of hydrogen-bond donors (Lipinski definition) is 4. The number of ether oxygens (including phenoxy) is 2. The molecule has 4 amide bonds. The van der Waals surface area contributed by atoms with Crippen molar-refractivity contribution in [3.05, 3.63) is 152 Å². The van der Waals surface area contributed by atoms with Gasteiger partial charge in [-0.2, -0.15) is 23.5 Å². The Morgan fingerprint density at radius 3 is 1.69 bits per heavy atom. The zero-order valence-electron chi connectivity index (χ0n) is 41.5. The number of nitrogens with one attached hydrogen (secondary N) is 4. The van der Waals surface area contributed by atoms with Gasteiger partial charge in [-0.05, 0) is 70.7 Å². The first-order valence-electron chi connectivity index (χ1n) is 23.9. The number of carbonyl (C=O) groups is 4. The molecule has 386 valence electrons. The number of thioether (sulfide) groups is 2. The highest BCUT2D eigenvalue weighted by atomic mass is 35.5. The van der Waals surface area contributed by atoms with Crippen molar-refractivity contribution in [2.45, 2.75) is 96.5 Å². The minimum Gasteiger partial charge on any atom is -0.441 e. The highest BCUT2D eigenvalue weighted by Gasteiger charge is 2.41. The normalized spacial score (nSPS) is 14.7. The lowest BCUT2D eigenvalue weighted by Crippen LogP contribution is -2.26. The smallest absolute Gasteiger partial charge is 0.412 e. The summed E-state index contributed by atoms with van der Waals surface area (Å²) in [5.74, 6) is 3.67. The average Bonchev–Trinajstić information content (AvgIpc) is 3.75. The van der Waals surface area contributed by atoms with Crippen molar-refractivity contribution in [1.82, 2.24) is 20.8 Å². The third kappa shape index (κ3) is 13.5. The number of aryl methyl sites for hydroxylation is 3. The standard InChI is InChI=1S/C54H55Cl2N7O9S2/c1-29-30(2)61-72-52(29)58-46(65)23-25-74-28-36-16-20-38(21-17-36)51-49(32(4)63-71-51)60-54(67)69-34(6)40-11-9-12-41(47(40)56)42-26-44(42)57-45(64)22-24-73-27-35-14-18-37(19-15-35)50-48(31(3)62-70-50)59-53(66)68-33(5)39-10-7-8-13-43(39)55/h7-21,33-34,42,44H,22-28H2,1-6H3,(H,57,64)(H,58,65)(H,59,66)(H,60,67). The van der Waals surface area contributed by atoms with Gasteiger partial charge in [-0.25, -0.2) is 9.59 Å². The highest BCUT2D eigenvalue weighted by molar-refractivity contribution is 7.98. The second-order valence-electron chi connectivity index (χ2n) is 17.8. The summed E-state index contributed by atoms with van der Waals surface area (Å²) in [7, 11) is 0. The third-order valence-corrected chi connectivity index (χ3v) is 15.3. The van der Waals surface area contributed by atoms with E-state index in [1.54, 1.807) is 63.4 Å². The van der Waals surface area contributed by atoms with Crippen molar-refractivity contribution in [2.75, 3.05) is 27.5 Å². The van der Waals surface area contributed by atoms with E-state index in [9.17, 15) is 19.2 Å². The molecule has 4 aromatic carbocycles. The maximum atomic E-state index is 13.3. The Labute approximate surface area is 446 Å². The van der Waals surface area contributed by atoms with E-state index in [0.717, 1.165) is 45.5 Å². The largest absolute Gasteiger partial charge is 0.441 e. The van der Waals surface area contributed by atoms with Crippen molar-refractivity contribution in [1.29, 1.82) is 0 Å². The fourth-order valence-electron chi connectivity index (χ4n) is 8.03. The SMILES string of the molecule is Cc1noc(NC(=O)CCSCc2ccc(-c3onc(C)c3NC(=O)OC(C)c3cccc(C4CC4NC(=O)CCSCc4ccc(-c5onc(C)c5NC(=O)OC(C)c5ccccc5Cl)cc4)c3Cl)cc2)c1C. The second-order valence-corrected chi connectivity index (χ2v) is 20.8. The van der Waals surface area contributed by atoms with Crippen LogP contribution in [0.4, 0.5) is 26.8 Å². The molecule has 0 radical (unpaired) electrons. The molecule has 8 rings (SSSR count). The maximum Gasteiger partial charge on any atom is 0.412 e. The fraction of sp³-hybridized carbons (Fsp3) is 0.315. The Balaban J connectivity index is 0.750. The number of benzene rings is 4. The van der Waals surface area contributed by atoms with Crippen LogP contribution in [0.2, 0.25) is 10.0 Å². The molecule has 1 aliphatic rings. The van der Waals surface area contributed by atoms with Gasteiger partial charge in [0, 0.05) is 80.7 Å². The van der Waals surface area contributed by atoms with E-state index in [1.807, 2.05) is 92.7 Å². The molecular weight excluding hydrogens is 1030 g/mol. The molecule has 1 aliphatic carbocycles. The van der Waals surface area contributed by atoms with Crippen LogP contribution in [0.5, 0.6) is 0 Å². The van der Waals surface area contributed by atoms with Crippen LogP contribution >= 0.6 is 46.7 Å². The molecular formula is C54H55Cl2N7O9S2. The number of rotatable bonds is 21. The molecule has 7 aromatic rings. The molecule has 1 fully saturated rings. The molecule has 0 aliphatic heterocycles. The van der Waals surface area contributed by atoms with Crippen molar-refractivity contribution < 1.29 is 42.2 Å². The predicted octanol–water partition coefficient (Wildman–Crippen LogP) is 13.7. The number of anilines is 3. The van der Waals surface area contributed by atoms with Crippen LogP contribution in [0.3, 0.4) is 0 Å². The minimum atomic E-state index is -0.700. The van der Waals surface area contributed by atoms with Gasteiger partial charge in [0.2, 0.25) is 17.7 Å². The number of halogens is 2. The number of nitrogens with zero attached hydrogens (tertiary/aromatic N) is 3. The van der Waals surface area contributed by atoms with Gasteiger partial charge in [-0.3, -0.25) is 25.5 Å². The summed E-state index contributed by atoms with van der Waals surface area (Å²) in [6, 6.07) is 28.2. The molecule has 3 heterocycles. The lowest BCUT2D eigenvalue weighted by Gasteiger charge is -2.17. The van der Waals surface area contributed by atoms with Crippen LogP contribution in [-0.2, 0) is 30.6 Å². The summed E-state index contributed by atoms with van der Waals surface area (Å²) in [5, 5.41) is 24.5. The van der Waals surface area contributed by atoms with Crippen LogP contribution in [0.25, 0.3) is 22.6 Å². The molecule has 4 N–H and O–H groups in total. The summed E-state index contributed by atoms with van der Waals surface area (Å²) in [6.45, 7) is 10.6. The lowest BCUT2D eigenvalue weighted by atomic mass is 10.0. The zero-order chi connectivity index (χ0) is 52.5. The highest BCUT2D eigenvalue weighted by Crippen LogP contribution is 2.46. The Kier molecular flexibility index (Phi) is 17.8. The molecule has 4 atom stereocenters. The summed E-state index contributed by atoms with van der Waals surface area (Å²) in [5.41, 5.74) is 9.14. The van der Waals surface area contributed by atoms with Gasteiger partial charge in [-0.15, -0.1) is 0 Å². The Hall–Kier alpha value is -6.73. The molecule has 0 saturated heterocycles. The van der Waals surface area contributed by atoms with E-state index in [1.165, 1.54) is 0 Å². The lowest BCUT2D eigenvalue weighted by molar-refractivity contribution is -0.121. The molecule has 74 heavy (non-hydrogen) atoms.